The van der Waals surface area contributed by atoms with Gasteiger partial charge in [0.15, 0.2) is 8.87 Å². The Morgan fingerprint density at radius 3 is 2.47 bits per heavy atom. The number of para-hydroxylation sites is 1. The van der Waals surface area contributed by atoms with Crippen LogP contribution in [0.25, 0.3) is 0 Å². The molecule has 12 heteroatoms. The van der Waals surface area contributed by atoms with Gasteiger partial charge >= 0.3 is 12.0 Å². The Balaban J connectivity index is 0.00000450. The van der Waals surface area contributed by atoms with Gasteiger partial charge in [-0.05, 0) is 43.7 Å². The molecule has 9 nitrogen and oxygen atoms in total. The first-order valence-electron chi connectivity index (χ1n) is 8.84. The average molecular weight is 476 g/mol. The van der Waals surface area contributed by atoms with E-state index in [2.05, 4.69) is 10.3 Å². The van der Waals surface area contributed by atoms with Gasteiger partial charge in [-0.1, -0.05) is 18.2 Å². The molecule has 30 heavy (non-hydrogen) atoms. The van der Waals surface area contributed by atoms with Crippen molar-refractivity contribution in [2.75, 3.05) is 23.6 Å². The molecule has 2 rings (SSSR count). The molecule has 0 aliphatic rings. The molecule has 2 aromatic rings. The normalized spacial score (nSPS) is 11.9. The highest BCUT2D eigenvalue weighted by molar-refractivity contribution is 8.71. The average Bonchev–Trinajstić information content (AvgIpc) is 3.00. The largest absolute Gasteiger partial charge is 1.00 e. The van der Waals surface area contributed by atoms with Crippen molar-refractivity contribution in [3.8, 4) is 0 Å². The van der Waals surface area contributed by atoms with Gasteiger partial charge in [0.2, 0.25) is 0 Å². The van der Waals surface area contributed by atoms with Crippen molar-refractivity contribution in [1.82, 2.24) is 4.57 Å². The number of carbonyl (C=O) groups excluding carboxylic acids is 1. The summed E-state index contributed by atoms with van der Waals surface area (Å²) in [4.78, 5) is 12.6. The lowest BCUT2D eigenvalue weighted by Gasteiger charge is -2.16. The van der Waals surface area contributed by atoms with Crippen molar-refractivity contribution < 1.29 is 34.9 Å². The van der Waals surface area contributed by atoms with E-state index in [1.54, 1.807) is 28.8 Å². The molecular weight excluding hydrogens is 450 g/mol. The van der Waals surface area contributed by atoms with Gasteiger partial charge in [-0.2, -0.15) is 0 Å². The summed E-state index contributed by atoms with van der Waals surface area (Å²) in [7, 11) is -0.639. The van der Waals surface area contributed by atoms with Gasteiger partial charge < -0.3 is 17.1 Å². The van der Waals surface area contributed by atoms with Crippen molar-refractivity contribution in [1.29, 1.82) is 0 Å². The monoisotopic (exact) mass is 475 g/mol. The van der Waals surface area contributed by atoms with Crippen LogP contribution in [0.3, 0.4) is 0 Å². The van der Waals surface area contributed by atoms with Gasteiger partial charge in [0, 0.05) is 17.2 Å². The number of halogens is 1. The van der Waals surface area contributed by atoms with Crippen molar-refractivity contribution in [3.63, 3.8) is 0 Å². The van der Waals surface area contributed by atoms with Gasteiger partial charge in [0.05, 0.1) is 35.8 Å². The van der Waals surface area contributed by atoms with Crippen LogP contribution in [0.5, 0.6) is 0 Å². The van der Waals surface area contributed by atoms with E-state index in [1.807, 2.05) is 50.8 Å². The number of anilines is 1. The quantitative estimate of drug-likeness (QED) is 0.190. The molecule has 1 amide bonds. The summed E-state index contributed by atoms with van der Waals surface area (Å²) in [6.45, 7) is 6.04. The van der Waals surface area contributed by atoms with Crippen molar-refractivity contribution >= 4 is 37.4 Å². The van der Waals surface area contributed by atoms with Gasteiger partial charge in [0.25, 0.3) is 0 Å². The summed E-state index contributed by atoms with van der Waals surface area (Å²) in [6, 6.07) is 8.76. The third kappa shape index (κ3) is 7.62. The summed E-state index contributed by atoms with van der Waals surface area (Å²) in [5.41, 5.74) is 0.254. The minimum atomic E-state index is -3.19. The van der Waals surface area contributed by atoms with E-state index < -0.39 is 15.0 Å². The van der Waals surface area contributed by atoms with Gasteiger partial charge in [-0.15, -0.1) is 5.01 Å². The lowest BCUT2D eigenvalue weighted by atomic mass is 10.1. The Hall–Kier alpha value is -2.11. The highest BCUT2D eigenvalue weighted by Crippen LogP contribution is 2.22. The lowest BCUT2D eigenvalue weighted by Crippen LogP contribution is -3.00. The Bertz CT molecular complexity index is 972. The number of benzene rings is 1. The fourth-order valence-electron chi connectivity index (χ4n) is 2.34. The first kappa shape index (κ1) is 25.9. The van der Waals surface area contributed by atoms with Crippen LogP contribution in [0.15, 0.2) is 53.1 Å². The molecule has 1 heterocycles. The summed E-state index contributed by atoms with van der Waals surface area (Å²) in [5.74, 6) is 0.686. The van der Waals surface area contributed by atoms with Gasteiger partial charge in [-0.3, -0.25) is 0 Å². The third-order valence-corrected chi connectivity index (χ3v) is 6.24. The number of imidazole rings is 1. The van der Waals surface area contributed by atoms with E-state index >= 15 is 0 Å². The van der Waals surface area contributed by atoms with E-state index in [4.69, 9.17) is 4.74 Å². The molecule has 0 bridgehead atoms. The van der Waals surface area contributed by atoms with Crippen LogP contribution >= 0.6 is 10.8 Å². The SMILES string of the molecule is C[n+]1ccn(C(C)(C)C)c1N=NN(C(=O)OCCSS(C)(=O)=O)c1ccccc1.[Cl-]. The maximum atomic E-state index is 12.6. The molecule has 0 N–H and O–H groups in total. The molecule has 0 fully saturated rings. The Kier molecular flexibility index (Phi) is 9.32. The zero-order chi connectivity index (χ0) is 21.7. The second-order valence-electron chi connectivity index (χ2n) is 7.23. The molecule has 0 aliphatic heterocycles. The molecule has 0 spiro atoms. The summed E-state index contributed by atoms with van der Waals surface area (Å²) in [6.07, 6.45) is 4.11. The maximum absolute atomic E-state index is 12.6. The minimum Gasteiger partial charge on any atom is -1.00 e. The number of aryl methyl sites for hydroxylation is 1. The van der Waals surface area contributed by atoms with Crippen LogP contribution in [-0.4, -0.2) is 37.7 Å². The molecular formula is C18H26ClN5O4S2. The van der Waals surface area contributed by atoms with E-state index in [1.165, 1.54) is 0 Å². The van der Waals surface area contributed by atoms with Crippen molar-refractivity contribution in [3.05, 3.63) is 42.7 Å². The Labute approximate surface area is 186 Å². The number of amides is 1. The summed E-state index contributed by atoms with van der Waals surface area (Å²) in [5, 5.41) is 9.44. The third-order valence-electron chi connectivity index (χ3n) is 3.70. The van der Waals surface area contributed by atoms with Crippen molar-refractivity contribution in [2.24, 2.45) is 17.4 Å². The first-order chi connectivity index (χ1) is 13.5. The van der Waals surface area contributed by atoms with E-state index in [9.17, 15) is 13.2 Å². The van der Waals surface area contributed by atoms with Crippen LogP contribution in [0, 0.1) is 0 Å². The van der Waals surface area contributed by atoms with E-state index in [0.717, 1.165) is 11.3 Å². The molecule has 0 radical (unpaired) electrons. The molecule has 1 aromatic heterocycles. The number of aromatic nitrogens is 2. The molecule has 1 aromatic carbocycles. The molecule has 0 saturated heterocycles. The second kappa shape index (κ2) is 10.8. The van der Waals surface area contributed by atoms with E-state index in [-0.39, 0.29) is 30.3 Å². The predicted molar refractivity (Wildman–Crippen MR) is 113 cm³/mol. The minimum absolute atomic E-state index is 0. The zero-order valence-corrected chi connectivity index (χ0v) is 19.9. The predicted octanol–water partition coefficient (Wildman–Crippen LogP) is 0.406. The van der Waals surface area contributed by atoms with Gasteiger partial charge in [-0.25, -0.2) is 22.3 Å². The van der Waals surface area contributed by atoms with Crippen LogP contribution < -0.4 is 22.0 Å². The molecule has 0 atom stereocenters. The second-order valence-corrected chi connectivity index (χ2v) is 11.8. The number of carbonyl (C=O) groups is 1. The Morgan fingerprint density at radius 1 is 1.27 bits per heavy atom. The topological polar surface area (TPSA) is 97.2 Å². The fraction of sp³-hybridized carbons (Fsp3) is 0.444. The smallest absolute Gasteiger partial charge is 0.437 e. The molecule has 166 valence electrons. The van der Waals surface area contributed by atoms with Crippen LogP contribution in [0.2, 0.25) is 0 Å². The van der Waals surface area contributed by atoms with Crippen LogP contribution in [0.4, 0.5) is 16.4 Å². The zero-order valence-electron chi connectivity index (χ0n) is 17.5. The lowest BCUT2D eigenvalue weighted by molar-refractivity contribution is -0.658. The highest BCUT2D eigenvalue weighted by atomic mass is 35.5. The highest BCUT2D eigenvalue weighted by Gasteiger charge is 2.27. The first-order valence-corrected chi connectivity index (χ1v) is 12.2. The van der Waals surface area contributed by atoms with E-state index in [0.29, 0.717) is 22.4 Å². The van der Waals surface area contributed by atoms with Crippen molar-refractivity contribution in [2.45, 2.75) is 26.3 Å². The Morgan fingerprint density at radius 2 is 1.90 bits per heavy atom. The molecule has 0 unspecified atom stereocenters. The standard InChI is InChI=1S/C18H26N5O4S2.ClH/c1-18(2,3)22-12-11-21(4)16(22)19-20-23(15-9-7-6-8-10-15)17(24)27-13-14-28-29(5,25)26;/h6-12H,13-14H2,1-5H3;1H/q+1;/p-1. The number of rotatable bonds is 7. The van der Waals surface area contributed by atoms with Crippen LogP contribution in [-0.2, 0) is 26.2 Å². The molecule has 0 saturated carbocycles. The number of nitrogens with zero attached hydrogens (tertiary/aromatic N) is 5. The van der Waals surface area contributed by atoms with Crippen LogP contribution in [0.1, 0.15) is 20.8 Å². The number of hydrogen-bond acceptors (Lipinski definition) is 7. The summed E-state index contributed by atoms with van der Waals surface area (Å²) < 4.78 is 31.3. The summed E-state index contributed by atoms with van der Waals surface area (Å²) >= 11 is 0. The fourth-order valence-corrected chi connectivity index (χ4v) is 3.90. The number of hydrogen-bond donors (Lipinski definition) is 0. The maximum Gasteiger partial charge on any atom is 0.437 e. The van der Waals surface area contributed by atoms with Gasteiger partial charge in [0.1, 0.15) is 6.61 Å². The number of ether oxygens (including phenoxy) is 1. The molecule has 0 aliphatic carbocycles.